The number of aliphatic hydroxyl groups is 1. The molecule has 5 N–H and O–H groups in total. The zero-order chi connectivity index (χ0) is 16.7. The van der Waals surface area contributed by atoms with E-state index in [0.29, 0.717) is 24.6 Å². The normalized spacial score (nSPS) is 12.3. The van der Waals surface area contributed by atoms with E-state index in [9.17, 15) is 5.11 Å². The van der Waals surface area contributed by atoms with Crippen molar-refractivity contribution in [2.45, 2.75) is 45.3 Å². The Morgan fingerprint density at radius 3 is 2.91 bits per heavy atom. The SMILES string of the molecule is CCCCC(CCO)Nc1nc(N)ncc1OCc1nn(C)[nH]1. The van der Waals surface area contributed by atoms with Crippen LogP contribution in [-0.2, 0) is 13.7 Å². The summed E-state index contributed by atoms with van der Waals surface area (Å²) >= 11 is 0. The molecule has 128 valence electrons. The molecule has 0 saturated heterocycles. The summed E-state index contributed by atoms with van der Waals surface area (Å²) in [5, 5.41) is 19.6. The van der Waals surface area contributed by atoms with E-state index in [4.69, 9.17) is 10.5 Å². The Morgan fingerprint density at radius 2 is 2.26 bits per heavy atom. The largest absolute Gasteiger partial charge is 0.480 e. The maximum absolute atomic E-state index is 9.22. The Kier molecular flexibility index (Phi) is 6.21. The Hall–Kier alpha value is -2.29. The number of nitrogens with two attached hydrogens (primary N) is 1. The Bertz CT molecular complexity index is 584. The van der Waals surface area contributed by atoms with Gasteiger partial charge in [0.05, 0.1) is 6.20 Å². The molecule has 0 saturated carbocycles. The summed E-state index contributed by atoms with van der Waals surface area (Å²) in [5.74, 6) is 1.96. The number of nitrogens with one attached hydrogen (secondary N) is 2. The lowest BCUT2D eigenvalue weighted by atomic mass is 10.1. The zero-order valence-electron chi connectivity index (χ0n) is 13.6. The van der Waals surface area contributed by atoms with Gasteiger partial charge in [-0.1, -0.05) is 19.8 Å². The lowest BCUT2D eigenvalue weighted by Gasteiger charge is -2.20. The van der Waals surface area contributed by atoms with Crippen molar-refractivity contribution in [1.29, 1.82) is 0 Å². The van der Waals surface area contributed by atoms with Crippen LogP contribution in [0.25, 0.3) is 0 Å². The number of hydrogen-bond acceptors (Lipinski definition) is 7. The second-order valence-electron chi connectivity index (χ2n) is 5.41. The van der Waals surface area contributed by atoms with Gasteiger partial charge < -0.3 is 20.9 Å². The number of nitrogen functional groups attached to an aromatic ring is 1. The first-order valence-corrected chi connectivity index (χ1v) is 7.83. The highest BCUT2D eigenvalue weighted by atomic mass is 16.5. The molecule has 2 aromatic heterocycles. The molecule has 0 spiro atoms. The van der Waals surface area contributed by atoms with Crippen LogP contribution in [0.15, 0.2) is 6.20 Å². The van der Waals surface area contributed by atoms with Gasteiger partial charge in [0.15, 0.2) is 17.4 Å². The molecule has 0 bridgehead atoms. The molecule has 2 aromatic rings. The average molecular weight is 323 g/mol. The van der Waals surface area contributed by atoms with Gasteiger partial charge in [-0.3, -0.25) is 5.10 Å². The fraction of sp³-hybridized carbons (Fsp3) is 0.643. The number of unbranched alkanes of at least 4 members (excludes halogenated alkanes) is 1. The molecular formula is C14H25N7O2. The molecule has 9 nitrogen and oxygen atoms in total. The lowest BCUT2D eigenvalue weighted by molar-refractivity contribution is 0.268. The van der Waals surface area contributed by atoms with Gasteiger partial charge in [-0.2, -0.15) is 4.98 Å². The van der Waals surface area contributed by atoms with Gasteiger partial charge in [0.1, 0.15) is 6.61 Å². The van der Waals surface area contributed by atoms with Crippen LogP contribution < -0.4 is 15.8 Å². The summed E-state index contributed by atoms with van der Waals surface area (Å²) in [6.45, 7) is 2.55. The quantitative estimate of drug-likeness (QED) is 0.514. The second kappa shape index (κ2) is 8.37. The number of hydrogen-bond donors (Lipinski definition) is 4. The van der Waals surface area contributed by atoms with Gasteiger partial charge in [-0.15, -0.1) is 5.10 Å². The van der Waals surface area contributed by atoms with Crippen molar-refractivity contribution in [1.82, 2.24) is 25.0 Å². The predicted octanol–water partition coefficient (Wildman–Crippen LogP) is 1.05. The second-order valence-corrected chi connectivity index (χ2v) is 5.41. The summed E-state index contributed by atoms with van der Waals surface area (Å²) in [6, 6.07) is 0.113. The van der Waals surface area contributed by atoms with Crippen LogP contribution in [0.1, 0.15) is 38.4 Å². The van der Waals surface area contributed by atoms with Gasteiger partial charge in [-0.05, 0) is 12.8 Å². The van der Waals surface area contributed by atoms with Crippen molar-refractivity contribution >= 4 is 11.8 Å². The smallest absolute Gasteiger partial charge is 0.222 e. The van der Waals surface area contributed by atoms with E-state index >= 15 is 0 Å². The molecule has 23 heavy (non-hydrogen) atoms. The number of aromatic nitrogens is 5. The minimum atomic E-state index is 0.113. The zero-order valence-corrected chi connectivity index (χ0v) is 13.6. The number of aliphatic hydroxyl groups excluding tert-OH is 1. The highest BCUT2D eigenvalue weighted by Crippen LogP contribution is 2.24. The van der Waals surface area contributed by atoms with E-state index in [1.807, 2.05) is 0 Å². The molecule has 0 aliphatic carbocycles. The first-order chi connectivity index (χ1) is 11.1. The Balaban J connectivity index is 2.04. The van der Waals surface area contributed by atoms with Crippen LogP contribution in [0.5, 0.6) is 5.75 Å². The van der Waals surface area contributed by atoms with Crippen LogP contribution in [0.4, 0.5) is 11.8 Å². The molecule has 2 heterocycles. The molecule has 0 aliphatic rings. The summed E-state index contributed by atoms with van der Waals surface area (Å²) in [4.78, 5) is 9.79. The van der Waals surface area contributed by atoms with Crippen LogP contribution in [-0.4, -0.2) is 42.7 Å². The third-order valence-corrected chi connectivity index (χ3v) is 3.42. The number of nitrogens with zero attached hydrogens (tertiary/aromatic N) is 4. The van der Waals surface area contributed by atoms with E-state index in [-0.39, 0.29) is 18.6 Å². The maximum Gasteiger partial charge on any atom is 0.222 e. The molecule has 2 rings (SSSR count). The number of aromatic amines is 1. The van der Waals surface area contributed by atoms with E-state index in [0.717, 1.165) is 25.1 Å². The third-order valence-electron chi connectivity index (χ3n) is 3.42. The van der Waals surface area contributed by atoms with Crippen molar-refractivity contribution in [3.63, 3.8) is 0 Å². The van der Waals surface area contributed by atoms with E-state index < -0.39 is 0 Å². The highest BCUT2D eigenvalue weighted by molar-refractivity contribution is 5.51. The lowest BCUT2D eigenvalue weighted by Crippen LogP contribution is -2.23. The fourth-order valence-corrected chi connectivity index (χ4v) is 2.26. The molecule has 9 heteroatoms. The van der Waals surface area contributed by atoms with Crippen molar-refractivity contribution in [2.75, 3.05) is 17.7 Å². The van der Waals surface area contributed by atoms with Gasteiger partial charge >= 0.3 is 0 Å². The molecule has 0 aromatic carbocycles. The molecule has 0 radical (unpaired) electrons. The number of H-pyrrole nitrogens is 1. The maximum atomic E-state index is 9.22. The predicted molar refractivity (Wildman–Crippen MR) is 87.0 cm³/mol. The van der Waals surface area contributed by atoms with Crippen molar-refractivity contribution in [2.24, 2.45) is 7.05 Å². The standard InChI is InChI=1S/C14H25N7O2/c1-3-4-5-10(6-7-22)17-13-11(8-16-14(15)18-13)23-9-12-19-21(2)20-12/h8,10,22H,3-7,9H2,1-2H3,(H,19,20)(H3,15,16,17,18). The molecule has 1 atom stereocenters. The molecule has 1 unspecified atom stereocenters. The molecule has 0 aliphatic heterocycles. The van der Waals surface area contributed by atoms with Gasteiger partial charge in [0, 0.05) is 19.7 Å². The van der Waals surface area contributed by atoms with Gasteiger partial charge in [-0.25, -0.2) is 9.78 Å². The van der Waals surface area contributed by atoms with Crippen LogP contribution in [0, 0.1) is 0 Å². The van der Waals surface area contributed by atoms with Crippen LogP contribution >= 0.6 is 0 Å². The number of rotatable bonds is 10. The van der Waals surface area contributed by atoms with E-state index in [2.05, 4.69) is 32.4 Å². The first-order valence-electron chi connectivity index (χ1n) is 7.83. The summed E-state index contributed by atoms with van der Waals surface area (Å²) in [6.07, 6.45) is 5.30. The first kappa shape index (κ1) is 17.1. The van der Waals surface area contributed by atoms with Crippen molar-refractivity contribution in [3.05, 3.63) is 12.0 Å². The summed E-state index contributed by atoms with van der Waals surface area (Å²) in [5.41, 5.74) is 5.68. The topological polar surface area (TPSA) is 127 Å². The summed E-state index contributed by atoms with van der Waals surface area (Å²) < 4.78 is 5.70. The third kappa shape index (κ3) is 5.13. The number of aryl methyl sites for hydroxylation is 1. The summed E-state index contributed by atoms with van der Waals surface area (Å²) in [7, 11) is 1.80. The molecule has 0 amide bonds. The van der Waals surface area contributed by atoms with Crippen LogP contribution in [0.3, 0.4) is 0 Å². The van der Waals surface area contributed by atoms with Crippen molar-refractivity contribution < 1.29 is 9.84 Å². The monoisotopic (exact) mass is 323 g/mol. The van der Waals surface area contributed by atoms with Gasteiger partial charge in [0.2, 0.25) is 5.95 Å². The number of ether oxygens (including phenoxy) is 1. The Morgan fingerprint density at radius 1 is 1.48 bits per heavy atom. The van der Waals surface area contributed by atoms with E-state index in [1.54, 1.807) is 18.0 Å². The van der Waals surface area contributed by atoms with Gasteiger partial charge in [0.25, 0.3) is 0 Å². The van der Waals surface area contributed by atoms with E-state index in [1.165, 1.54) is 0 Å². The fourth-order valence-electron chi connectivity index (χ4n) is 2.26. The average Bonchev–Trinajstić information content (AvgIpc) is 2.50. The van der Waals surface area contributed by atoms with Crippen molar-refractivity contribution in [3.8, 4) is 5.75 Å². The molecular weight excluding hydrogens is 298 g/mol. The minimum absolute atomic E-state index is 0.113. The highest BCUT2D eigenvalue weighted by Gasteiger charge is 2.14. The molecule has 0 fully saturated rings. The minimum Gasteiger partial charge on any atom is -0.480 e. The number of anilines is 2. The van der Waals surface area contributed by atoms with Crippen LogP contribution in [0.2, 0.25) is 0 Å². The Labute approximate surface area is 135 Å².